The average Bonchev–Trinajstić information content (AvgIpc) is 2.52. The molecule has 2 bridgehead atoms. The van der Waals surface area contributed by atoms with Crippen molar-refractivity contribution in [1.82, 2.24) is 0 Å². The topological polar surface area (TPSA) is 134 Å². The van der Waals surface area contributed by atoms with Crippen molar-refractivity contribution in [1.29, 1.82) is 21.2 Å². The lowest BCUT2D eigenvalue weighted by atomic mass is 9.49. The molecule has 0 aromatic rings. The first-order chi connectivity index (χ1) is 11.3. The van der Waals surface area contributed by atoms with Gasteiger partial charge >= 0.3 is 0 Å². The van der Waals surface area contributed by atoms with E-state index in [-0.39, 0.29) is 12.0 Å². The molecule has 24 heavy (non-hydrogen) atoms. The Kier molecular flexibility index (Phi) is 4.59. The molecule has 4 fully saturated rings. The van der Waals surface area contributed by atoms with Crippen LogP contribution in [0.2, 0.25) is 0 Å². The SMILES string of the molecule is CC(C)O.CC1OC23CCCCC2C(C#N)(C#N)C1(C#N)C(=N)O3. The standard InChI is InChI=1S/C14H14N4O2.C3H8O/c1-9-13(8-17)11(18)20-14(19-9)5-3-2-4-10(14)12(13,6-15)7-16;1-3(2)4/h9-10,18H,2-5H2,1H3;3-4H,1-2H3. The van der Waals surface area contributed by atoms with Crippen molar-refractivity contribution in [2.24, 2.45) is 16.7 Å². The number of aliphatic hydroxyl groups excluding tert-OH is 1. The van der Waals surface area contributed by atoms with Gasteiger partial charge in [-0.25, -0.2) is 0 Å². The van der Waals surface area contributed by atoms with Crippen LogP contribution in [0.3, 0.4) is 0 Å². The summed E-state index contributed by atoms with van der Waals surface area (Å²) in [5, 5.41) is 45.2. The number of rotatable bonds is 0. The van der Waals surface area contributed by atoms with Crippen molar-refractivity contribution < 1.29 is 14.6 Å². The molecule has 128 valence electrons. The second kappa shape index (κ2) is 6.06. The molecular formula is C17H22N4O3. The molecule has 3 aliphatic heterocycles. The highest BCUT2D eigenvalue weighted by Crippen LogP contribution is 2.65. The Morgan fingerprint density at radius 2 is 1.79 bits per heavy atom. The number of hydrogen-bond acceptors (Lipinski definition) is 7. The summed E-state index contributed by atoms with van der Waals surface area (Å²) in [6, 6.07) is 6.13. The van der Waals surface area contributed by atoms with E-state index in [1.807, 2.05) is 6.07 Å². The summed E-state index contributed by atoms with van der Waals surface area (Å²) in [6.45, 7) is 5.09. The van der Waals surface area contributed by atoms with Gasteiger partial charge in [-0.1, -0.05) is 6.42 Å². The van der Waals surface area contributed by atoms with Crippen LogP contribution in [-0.4, -0.2) is 29.0 Å². The summed E-state index contributed by atoms with van der Waals surface area (Å²) in [7, 11) is 0. The molecule has 1 aliphatic carbocycles. The van der Waals surface area contributed by atoms with Gasteiger partial charge in [-0.05, 0) is 33.6 Å². The molecule has 4 aliphatic rings. The molecule has 7 nitrogen and oxygen atoms in total. The van der Waals surface area contributed by atoms with Crippen LogP contribution in [0.5, 0.6) is 0 Å². The lowest BCUT2D eigenvalue weighted by Crippen LogP contribution is -2.75. The molecular weight excluding hydrogens is 308 g/mol. The van der Waals surface area contributed by atoms with Crippen LogP contribution in [0.1, 0.15) is 46.5 Å². The second-order valence-electron chi connectivity index (χ2n) is 6.85. The lowest BCUT2D eigenvalue weighted by molar-refractivity contribution is -0.353. The van der Waals surface area contributed by atoms with E-state index >= 15 is 0 Å². The molecule has 1 spiro atoms. The van der Waals surface area contributed by atoms with E-state index in [9.17, 15) is 15.8 Å². The number of aliphatic hydroxyl groups is 1. The fraction of sp³-hybridized carbons (Fsp3) is 0.765. The molecule has 0 radical (unpaired) electrons. The van der Waals surface area contributed by atoms with Crippen LogP contribution in [0.4, 0.5) is 0 Å². The largest absolute Gasteiger partial charge is 0.447 e. The quantitative estimate of drug-likeness (QED) is 0.699. The summed E-state index contributed by atoms with van der Waals surface area (Å²) in [5.74, 6) is -1.86. The van der Waals surface area contributed by atoms with Gasteiger partial charge in [0.2, 0.25) is 11.7 Å². The van der Waals surface area contributed by atoms with Crippen LogP contribution < -0.4 is 0 Å². The summed E-state index contributed by atoms with van der Waals surface area (Å²) in [4.78, 5) is 0. The van der Waals surface area contributed by atoms with Gasteiger partial charge in [0.25, 0.3) is 0 Å². The number of nitrogens with one attached hydrogen (secondary N) is 1. The number of nitrogens with zero attached hydrogens (tertiary/aromatic N) is 3. The fourth-order valence-electron chi connectivity index (χ4n) is 4.13. The summed E-state index contributed by atoms with van der Waals surface area (Å²) in [6.07, 6.45) is 2.01. The highest BCUT2D eigenvalue weighted by molar-refractivity contribution is 5.88. The van der Waals surface area contributed by atoms with E-state index in [0.29, 0.717) is 12.8 Å². The van der Waals surface area contributed by atoms with E-state index in [1.54, 1.807) is 20.8 Å². The van der Waals surface area contributed by atoms with Crippen molar-refractivity contribution in [3.63, 3.8) is 0 Å². The van der Waals surface area contributed by atoms with Gasteiger partial charge < -0.3 is 14.6 Å². The molecule has 0 amide bonds. The molecule has 4 atom stereocenters. The van der Waals surface area contributed by atoms with Gasteiger partial charge in [0.05, 0.1) is 30.2 Å². The first-order valence-corrected chi connectivity index (χ1v) is 8.14. The number of nitriles is 3. The van der Waals surface area contributed by atoms with Crippen LogP contribution in [0.15, 0.2) is 0 Å². The third-order valence-corrected chi connectivity index (χ3v) is 5.09. The molecule has 2 N–H and O–H groups in total. The highest BCUT2D eigenvalue weighted by Gasteiger charge is 2.79. The lowest BCUT2D eigenvalue weighted by Gasteiger charge is -2.63. The summed E-state index contributed by atoms with van der Waals surface area (Å²) >= 11 is 0. The van der Waals surface area contributed by atoms with Crippen LogP contribution in [0.25, 0.3) is 0 Å². The van der Waals surface area contributed by atoms with Gasteiger partial charge in [0.1, 0.15) is 0 Å². The van der Waals surface area contributed by atoms with E-state index in [2.05, 4.69) is 12.1 Å². The minimum Gasteiger partial charge on any atom is -0.447 e. The smallest absolute Gasteiger partial charge is 0.217 e. The Balaban J connectivity index is 0.000000471. The minimum atomic E-state index is -1.64. The fourth-order valence-corrected chi connectivity index (χ4v) is 4.13. The van der Waals surface area contributed by atoms with Crippen molar-refractivity contribution in [2.75, 3.05) is 0 Å². The Morgan fingerprint density at radius 3 is 2.25 bits per heavy atom. The van der Waals surface area contributed by atoms with Gasteiger partial charge in [-0.15, -0.1) is 0 Å². The van der Waals surface area contributed by atoms with E-state index in [4.69, 9.17) is 20.0 Å². The van der Waals surface area contributed by atoms with E-state index in [0.717, 1.165) is 12.8 Å². The van der Waals surface area contributed by atoms with Gasteiger partial charge in [0, 0.05) is 12.5 Å². The number of hydrogen-bond donors (Lipinski definition) is 2. The summed E-state index contributed by atoms with van der Waals surface area (Å²) in [5.41, 5.74) is -3.21. The second-order valence-corrected chi connectivity index (χ2v) is 6.85. The Morgan fingerprint density at radius 1 is 1.21 bits per heavy atom. The van der Waals surface area contributed by atoms with Gasteiger partial charge in [-0.3, -0.25) is 5.41 Å². The highest BCUT2D eigenvalue weighted by atomic mass is 16.7. The Labute approximate surface area is 141 Å². The average molecular weight is 330 g/mol. The van der Waals surface area contributed by atoms with Crippen LogP contribution >= 0.6 is 0 Å². The van der Waals surface area contributed by atoms with Crippen molar-refractivity contribution in [2.45, 2.75) is 64.4 Å². The maximum absolute atomic E-state index is 9.70. The number of ether oxygens (including phenoxy) is 2. The van der Waals surface area contributed by atoms with Crippen LogP contribution in [0, 0.1) is 56.2 Å². The predicted octanol–water partition coefficient (Wildman–Crippen LogP) is 2.23. The third-order valence-electron chi connectivity index (χ3n) is 5.09. The van der Waals surface area contributed by atoms with Crippen molar-refractivity contribution in [3.05, 3.63) is 0 Å². The van der Waals surface area contributed by atoms with Crippen molar-refractivity contribution >= 4 is 5.90 Å². The molecule has 1 saturated carbocycles. The summed E-state index contributed by atoms with van der Waals surface area (Å²) < 4.78 is 11.5. The Hall–Kier alpha value is -2.14. The normalized spacial score (nSPS) is 38.5. The zero-order valence-corrected chi connectivity index (χ0v) is 14.2. The molecule has 0 aromatic carbocycles. The first kappa shape index (κ1) is 18.2. The molecule has 7 heteroatoms. The molecule has 4 rings (SSSR count). The zero-order valence-electron chi connectivity index (χ0n) is 14.2. The van der Waals surface area contributed by atoms with E-state index < -0.39 is 28.6 Å². The molecule has 4 unspecified atom stereocenters. The molecule has 3 saturated heterocycles. The maximum atomic E-state index is 9.70. The first-order valence-electron chi connectivity index (χ1n) is 8.14. The number of fused-ring (bicyclic) bond motifs is 2. The minimum absolute atomic E-state index is 0.167. The molecule has 3 heterocycles. The predicted molar refractivity (Wildman–Crippen MR) is 83.1 cm³/mol. The molecule has 0 aromatic heterocycles. The zero-order chi connectivity index (χ0) is 18.2. The van der Waals surface area contributed by atoms with Crippen LogP contribution in [-0.2, 0) is 9.47 Å². The van der Waals surface area contributed by atoms with Gasteiger partial charge in [0.15, 0.2) is 10.8 Å². The monoisotopic (exact) mass is 330 g/mol. The third kappa shape index (κ3) is 2.11. The maximum Gasteiger partial charge on any atom is 0.217 e. The Bertz CT molecular complexity index is 639. The van der Waals surface area contributed by atoms with E-state index in [1.165, 1.54) is 0 Å². The van der Waals surface area contributed by atoms with Gasteiger partial charge in [-0.2, -0.15) is 15.8 Å². The van der Waals surface area contributed by atoms with Crippen molar-refractivity contribution in [3.8, 4) is 18.2 Å².